The number of hydrogen-bond acceptors (Lipinski definition) is 5. The molecule has 0 aromatic heterocycles. The number of rotatable bonds is 6. The molecule has 1 N–H and O–H groups in total. The van der Waals surface area contributed by atoms with Crippen molar-refractivity contribution in [2.45, 2.75) is 36.8 Å². The van der Waals surface area contributed by atoms with Crippen LogP contribution in [0.1, 0.15) is 24.1 Å². The third kappa shape index (κ3) is 4.71. The van der Waals surface area contributed by atoms with Crippen LogP contribution in [0.3, 0.4) is 0 Å². The maximum Gasteiger partial charge on any atom is 0.253 e. The monoisotopic (exact) mass is 623 g/mol. The van der Waals surface area contributed by atoms with Gasteiger partial charge in [-0.3, -0.25) is 14.4 Å². The van der Waals surface area contributed by atoms with Gasteiger partial charge in [0.25, 0.3) is 5.91 Å². The molecule has 4 aliphatic heterocycles. The predicted octanol–water partition coefficient (Wildman–Crippen LogP) is 4.55. The highest BCUT2D eigenvalue weighted by Crippen LogP contribution is 2.59. The fraction of sp³-hybridized carbons (Fsp3) is 0.306. The zero-order valence-corrected chi connectivity index (χ0v) is 25.6. The van der Waals surface area contributed by atoms with Crippen molar-refractivity contribution < 1.29 is 24.2 Å². The zero-order chi connectivity index (χ0) is 31.3. The van der Waals surface area contributed by atoms with E-state index in [0.717, 1.165) is 5.56 Å². The molecule has 0 saturated carbocycles. The minimum absolute atomic E-state index is 0.206. The van der Waals surface area contributed by atoms with Gasteiger partial charge in [-0.1, -0.05) is 96.6 Å². The molecule has 6 atom stereocenters. The van der Waals surface area contributed by atoms with Crippen LogP contribution in [0.25, 0.3) is 0 Å². The lowest BCUT2D eigenvalue weighted by atomic mass is 9.74. The largest absolute Gasteiger partial charge is 0.394 e. The van der Waals surface area contributed by atoms with Gasteiger partial charge in [0.15, 0.2) is 0 Å². The Hall–Kier alpha value is -4.24. The number of carbonyl (C=O) groups excluding carboxylic acids is 3. The first-order valence-electron chi connectivity index (χ1n) is 15.2. The number of benzene rings is 3. The van der Waals surface area contributed by atoms with Crippen LogP contribution in [0.5, 0.6) is 0 Å². The van der Waals surface area contributed by atoms with Gasteiger partial charge in [-0.15, -0.1) is 0 Å². The van der Waals surface area contributed by atoms with E-state index in [9.17, 15) is 19.5 Å². The molecular weight excluding hydrogens is 590 g/mol. The molecule has 3 aromatic carbocycles. The lowest BCUT2D eigenvalue weighted by Crippen LogP contribution is -2.57. The molecule has 2 saturated heterocycles. The molecule has 0 radical (unpaired) electrons. The van der Waals surface area contributed by atoms with Gasteiger partial charge < -0.3 is 24.5 Å². The van der Waals surface area contributed by atoms with E-state index in [1.807, 2.05) is 91.9 Å². The second-order valence-corrected chi connectivity index (χ2v) is 12.7. The highest BCUT2D eigenvalue weighted by molar-refractivity contribution is 6.30. The number of hydrogen-bond donors (Lipinski definition) is 1. The van der Waals surface area contributed by atoms with Crippen LogP contribution < -0.4 is 4.90 Å². The van der Waals surface area contributed by atoms with Crippen molar-refractivity contribution in [3.63, 3.8) is 0 Å². The molecule has 3 aromatic rings. The molecule has 9 heteroatoms. The van der Waals surface area contributed by atoms with E-state index < -0.39 is 47.6 Å². The summed E-state index contributed by atoms with van der Waals surface area (Å²) in [4.78, 5) is 49.1. The van der Waals surface area contributed by atoms with Crippen LogP contribution in [0.2, 0.25) is 5.02 Å². The summed E-state index contributed by atoms with van der Waals surface area (Å²) >= 11 is 6.17. The van der Waals surface area contributed by atoms with E-state index in [1.165, 1.54) is 4.90 Å². The summed E-state index contributed by atoms with van der Waals surface area (Å²) < 4.78 is 6.97. The molecule has 3 amide bonds. The number of nitrogens with zero attached hydrogens (tertiary/aromatic N) is 3. The fourth-order valence-corrected chi connectivity index (χ4v) is 7.80. The molecule has 2 fully saturated rings. The van der Waals surface area contributed by atoms with E-state index in [-0.39, 0.29) is 18.4 Å². The molecule has 4 heterocycles. The standard InChI is InChI=1S/C36H34ClN3O5/c1-35-18-8-20-38(22-24-10-4-2-5-11-24)32(42)29(35)30-33(43)40(28(23-41)25-12-6-3-7-13-25)31-34(44)39(21-9-19-36(30,31)45-35)27-16-14-26(37)15-17-27/h2-19,28-31,41H,20-23H2,1H3/t28-,29-,30+,31?,35+,36+/m1/s1. The van der Waals surface area contributed by atoms with Gasteiger partial charge in [0, 0.05) is 30.3 Å². The van der Waals surface area contributed by atoms with Gasteiger partial charge in [-0.05, 0) is 42.3 Å². The maximum absolute atomic E-state index is 14.9. The van der Waals surface area contributed by atoms with Crippen LogP contribution in [0.4, 0.5) is 5.69 Å². The Kier molecular flexibility index (Phi) is 7.39. The molecule has 45 heavy (non-hydrogen) atoms. The molecule has 0 bridgehead atoms. The fourth-order valence-electron chi connectivity index (χ4n) is 7.68. The third-order valence-corrected chi connectivity index (χ3v) is 9.88. The summed E-state index contributed by atoms with van der Waals surface area (Å²) in [6.45, 7) is 2.40. The first kappa shape index (κ1) is 29.5. The van der Waals surface area contributed by atoms with Crippen molar-refractivity contribution in [1.29, 1.82) is 0 Å². The average Bonchev–Trinajstić information content (AvgIpc) is 3.32. The van der Waals surface area contributed by atoms with E-state index in [4.69, 9.17) is 16.3 Å². The Bertz CT molecular complexity index is 1680. The Labute approximate surface area is 267 Å². The van der Waals surface area contributed by atoms with Crippen molar-refractivity contribution in [3.05, 3.63) is 125 Å². The molecule has 1 unspecified atom stereocenters. The van der Waals surface area contributed by atoms with E-state index >= 15 is 0 Å². The number of fused-ring (bicyclic) bond motifs is 2. The Morgan fingerprint density at radius 1 is 0.844 bits per heavy atom. The van der Waals surface area contributed by atoms with Gasteiger partial charge in [0.2, 0.25) is 11.8 Å². The van der Waals surface area contributed by atoms with Crippen LogP contribution >= 0.6 is 11.6 Å². The third-order valence-electron chi connectivity index (χ3n) is 9.63. The summed E-state index contributed by atoms with van der Waals surface area (Å²) in [6, 6.07) is 23.9. The first-order valence-corrected chi connectivity index (χ1v) is 15.6. The van der Waals surface area contributed by atoms with Crippen LogP contribution in [-0.2, 0) is 25.7 Å². The lowest BCUT2D eigenvalue weighted by molar-refractivity contribution is -0.151. The number of halogens is 1. The van der Waals surface area contributed by atoms with Crippen molar-refractivity contribution >= 4 is 35.0 Å². The predicted molar refractivity (Wildman–Crippen MR) is 170 cm³/mol. The number of aliphatic hydroxyl groups is 1. The minimum atomic E-state index is -1.45. The normalized spacial score (nSPS) is 29.7. The van der Waals surface area contributed by atoms with Gasteiger partial charge in [0.1, 0.15) is 11.6 Å². The first-order chi connectivity index (χ1) is 21.8. The van der Waals surface area contributed by atoms with E-state index in [2.05, 4.69) is 0 Å². The topological polar surface area (TPSA) is 90.4 Å². The Balaban J connectivity index is 1.36. The molecule has 7 rings (SSSR count). The van der Waals surface area contributed by atoms with Crippen molar-refractivity contribution in [3.8, 4) is 0 Å². The SMILES string of the molecule is C[C@]12C=CCN(Cc3ccccc3)C(=O)[C@H]1[C@H]1C(=O)N([C@H](CO)c3ccccc3)C3C(=O)N(c4ccc(Cl)cc4)CC=C[C@@]31O2. The summed E-state index contributed by atoms with van der Waals surface area (Å²) in [5.41, 5.74) is -0.323. The summed E-state index contributed by atoms with van der Waals surface area (Å²) in [7, 11) is 0. The molecule has 4 aliphatic rings. The lowest BCUT2D eigenvalue weighted by Gasteiger charge is -2.40. The molecule has 0 aliphatic carbocycles. The zero-order valence-electron chi connectivity index (χ0n) is 24.8. The molecule has 8 nitrogen and oxygen atoms in total. The number of carbonyl (C=O) groups is 3. The molecule has 1 spiro atoms. The average molecular weight is 624 g/mol. The highest BCUT2D eigenvalue weighted by atomic mass is 35.5. The van der Waals surface area contributed by atoms with E-state index in [1.54, 1.807) is 34.1 Å². The van der Waals surface area contributed by atoms with Crippen LogP contribution in [0, 0.1) is 11.8 Å². The van der Waals surface area contributed by atoms with Crippen LogP contribution in [0.15, 0.2) is 109 Å². The highest BCUT2D eigenvalue weighted by Gasteiger charge is 2.75. The second kappa shape index (κ2) is 11.3. The van der Waals surface area contributed by atoms with Gasteiger partial charge in [0.05, 0.1) is 30.1 Å². The number of ether oxygens (including phenoxy) is 1. The number of likely N-dealkylation sites (tertiary alicyclic amines) is 1. The smallest absolute Gasteiger partial charge is 0.253 e. The Morgan fingerprint density at radius 2 is 1.51 bits per heavy atom. The van der Waals surface area contributed by atoms with Crippen molar-refractivity contribution in [2.75, 3.05) is 24.6 Å². The minimum Gasteiger partial charge on any atom is -0.394 e. The Morgan fingerprint density at radius 3 is 2.20 bits per heavy atom. The summed E-state index contributed by atoms with van der Waals surface area (Å²) in [5.74, 6) is -2.85. The van der Waals surface area contributed by atoms with Gasteiger partial charge >= 0.3 is 0 Å². The van der Waals surface area contributed by atoms with Gasteiger partial charge in [-0.25, -0.2) is 0 Å². The second-order valence-electron chi connectivity index (χ2n) is 12.3. The van der Waals surface area contributed by atoms with Crippen molar-refractivity contribution in [2.24, 2.45) is 11.8 Å². The number of aliphatic hydroxyl groups excluding tert-OH is 1. The van der Waals surface area contributed by atoms with E-state index in [0.29, 0.717) is 29.4 Å². The quantitative estimate of drug-likeness (QED) is 0.407. The summed E-state index contributed by atoms with van der Waals surface area (Å²) in [6.07, 6.45) is 7.45. The molecular formula is C36H34ClN3O5. The van der Waals surface area contributed by atoms with Gasteiger partial charge in [-0.2, -0.15) is 0 Å². The number of anilines is 1. The summed E-state index contributed by atoms with van der Waals surface area (Å²) in [5, 5.41) is 11.3. The number of amides is 3. The molecule has 230 valence electrons. The van der Waals surface area contributed by atoms with Crippen molar-refractivity contribution in [1.82, 2.24) is 9.80 Å². The maximum atomic E-state index is 14.9. The van der Waals surface area contributed by atoms with Crippen LogP contribution in [-0.4, -0.2) is 69.6 Å².